The molecule has 17 heteroatoms. The highest BCUT2D eigenvalue weighted by atomic mass is 35.5. The summed E-state index contributed by atoms with van der Waals surface area (Å²) in [7, 11) is 0. The summed E-state index contributed by atoms with van der Waals surface area (Å²) in [5, 5.41) is 7.16. The summed E-state index contributed by atoms with van der Waals surface area (Å²) in [5.74, 6) is 0.381. The number of hydrogen-bond acceptors (Lipinski definition) is 7. The third-order valence-electron chi connectivity index (χ3n) is 10.1. The number of nitrogens with zero attached hydrogens (tertiary/aromatic N) is 3. The van der Waals surface area contributed by atoms with Gasteiger partial charge >= 0.3 is 12.4 Å². The normalized spacial score (nSPS) is 18.5. The van der Waals surface area contributed by atoms with Crippen LogP contribution in [0.2, 0.25) is 5.02 Å². The van der Waals surface area contributed by atoms with Crippen LogP contribution in [0.5, 0.6) is 0 Å². The van der Waals surface area contributed by atoms with Gasteiger partial charge in [-0.15, -0.1) is 0 Å². The van der Waals surface area contributed by atoms with Crippen LogP contribution in [0.25, 0.3) is 0 Å². The van der Waals surface area contributed by atoms with Crippen molar-refractivity contribution in [2.45, 2.75) is 95.8 Å². The van der Waals surface area contributed by atoms with Gasteiger partial charge in [-0.1, -0.05) is 67.3 Å². The van der Waals surface area contributed by atoms with E-state index < -0.39 is 31.0 Å². The summed E-state index contributed by atoms with van der Waals surface area (Å²) in [4.78, 5) is 64.7. The molecule has 10 nitrogen and oxygen atoms in total. The Kier molecular flexibility index (Phi) is 18.3. The molecule has 0 bridgehead atoms. The first kappa shape index (κ1) is 46.4. The number of alkyl halides is 6. The Morgan fingerprint density at radius 1 is 0.875 bits per heavy atom. The van der Waals surface area contributed by atoms with Crippen molar-refractivity contribution in [1.29, 1.82) is 0 Å². The largest absolute Gasteiger partial charge is 0.446 e. The molecule has 1 saturated carbocycles. The molecular weight excluding hydrogens is 768 g/mol. The molecule has 1 aliphatic carbocycles. The van der Waals surface area contributed by atoms with E-state index >= 15 is 0 Å². The fraction of sp³-hybridized carbons (Fsp3) is 0.564. The van der Waals surface area contributed by atoms with Gasteiger partial charge in [-0.2, -0.15) is 26.3 Å². The van der Waals surface area contributed by atoms with Crippen LogP contribution in [-0.2, 0) is 36.9 Å². The third kappa shape index (κ3) is 14.8. The van der Waals surface area contributed by atoms with Crippen molar-refractivity contribution in [2.24, 2.45) is 5.92 Å². The van der Waals surface area contributed by atoms with Crippen LogP contribution in [-0.4, -0.2) is 109 Å². The number of rotatable bonds is 11. The Morgan fingerprint density at radius 2 is 1.43 bits per heavy atom. The smallest absolute Gasteiger partial charge is 0.344 e. The molecular formula is C39H50ClF6N5O5. The number of likely N-dealkylation sites (N-methyl/N-ethyl adjacent to an activating group) is 1. The first-order valence-electron chi connectivity index (χ1n) is 18.7. The van der Waals surface area contributed by atoms with Crippen LogP contribution in [0, 0.1) is 5.92 Å². The summed E-state index contributed by atoms with van der Waals surface area (Å²) in [6.07, 6.45) is -4.96. The molecule has 2 aromatic rings. The summed E-state index contributed by atoms with van der Waals surface area (Å²) in [6.45, 7) is 8.66. The van der Waals surface area contributed by atoms with Crippen LogP contribution in [0.15, 0.2) is 48.5 Å². The van der Waals surface area contributed by atoms with Crippen molar-refractivity contribution >= 4 is 41.9 Å². The van der Waals surface area contributed by atoms with E-state index in [1.54, 1.807) is 0 Å². The monoisotopic (exact) mass is 817 g/mol. The van der Waals surface area contributed by atoms with E-state index in [4.69, 9.17) is 21.2 Å². The molecule has 3 atom stereocenters. The maximum absolute atomic E-state index is 14.0. The molecule has 2 aromatic carbocycles. The fourth-order valence-electron chi connectivity index (χ4n) is 7.32. The first-order chi connectivity index (χ1) is 26.5. The number of aldehydes is 2. The lowest BCUT2D eigenvalue weighted by molar-refractivity contribution is -0.156. The number of amides is 3. The van der Waals surface area contributed by atoms with Gasteiger partial charge in [0.2, 0.25) is 30.3 Å². The molecule has 0 radical (unpaired) electrons. The Labute approximate surface area is 328 Å². The lowest BCUT2D eigenvalue weighted by Gasteiger charge is -2.44. The number of halogens is 7. The minimum Gasteiger partial charge on any atom is -0.344 e. The van der Waals surface area contributed by atoms with Crippen LogP contribution < -0.4 is 10.6 Å². The summed E-state index contributed by atoms with van der Waals surface area (Å²) >= 11 is 6.13. The number of fused-ring (bicyclic) bond motifs is 1. The Bertz CT molecular complexity index is 1560. The Morgan fingerprint density at radius 3 is 1.96 bits per heavy atom. The highest BCUT2D eigenvalue weighted by Crippen LogP contribution is 2.31. The molecule has 310 valence electrons. The summed E-state index contributed by atoms with van der Waals surface area (Å²) in [5.41, 5.74) is 3.30. The minimum absolute atomic E-state index is 0.0684. The second kappa shape index (κ2) is 22.1. The highest BCUT2D eigenvalue weighted by molar-refractivity contribution is 6.30. The van der Waals surface area contributed by atoms with E-state index in [9.17, 15) is 40.7 Å². The van der Waals surface area contributed by atoms with E-state index in [0.29, 0.717) is 56.6 Å². The van der Waals surface area contributed by atoms with Crippen molar-refractivity contribution in [1.82, 2.24) is 25.3 Å². The van der Waals surface area contributed by atoms with E-state index in [-0.39, 0.29) is 36.2 Å². The predicted molar refractivity (Wildman–Crippen MR) is 198 cm³/mol. The second-order valence-corrected chi connectivity index (χ2v) is 14.3. The van der Waals surface area contributed by atoms with Crippen LogP contribution in [0.1, 0.15) is 75.1 Å². The van der Waals surface area contributed by atoms with E-state index in [1.165, 1.54) is 24.8 Å². The van der Waals surface area contributed by atoms with Gasteiger partial charge in [0.25, 0.3) is 0 Å². The molecule has 3 amide bonds. The maximum Gasteiger partial charge on any atom is 0.446 e. The Balaban J connectivity index is 0.000000609. The van der Waals surface area contributed by atoms with Gasteiger partial charge in [0.1, 0.15) is 6.04 Å². The van der Waals surface area contributed by atoms with Crippen LogP contribution in [0.4, 0.5) is 26.3 Å². The number of benzene rings is 2. The average Bonchev–Trinajstić information content (AvgIpc) is 3.58. The zero-order valence-electron chi connectivity index (χ0n) is 31.5. The van der Waals surface area contributed by atoms with Crippen molar-refractivity contribution in [2.75, 3.05) is 39.3 Å². The minimum atomic E-state index is -4.64. The topological polar surface area (TPSA) is 119 Å². The van der Waals surface area contributed by atoms with Gasteiger partial charge in [-0.25, -0.2) is 0 Å². The Hall–Kier alpha value is -4.02. The zero-order chi connectivity index (χ0) is 41.5. The van der Waals surface area contributed by atoms with Gasteiger partial charge < -0.3 is 20.4 Å². The van der Waals surface area contributed by atoms with Gasteiger partial charge in [-0.3, -0.25) is 28.9 Å². The van der Waals surface area contributed by atoms with Crippen molar-refractivity contribution in [3.63, 3.8) is 0 Å². The number of carbonyl (C=O) groups is 5. The van der Waals surface area contributed by atoms with Gasteiger partial charge in [0, 0.05) is 69.7 Å². The van der Waals surface area contributed by atoms with E-state index in [1.807, 2.05) is 60.0 Å². The molecule has 1 saturated heterocycles. The zero-order valence-corrected chi connectivity index (χ0v) is 32.3. The van der Waals surface area contributed by atoms with Gasteiger partial charge in [-0.05, 0) is 61.4 Å². The molecule has 2 aliphatic heterocycles. The number of nitrogens with one attached hydrogen (secondary N) is 2. The number of hydrogen-bond donors (Lipinski definition) is 2. The average molecular weight is 818 g/mol. The van der Waals surface area contributed by atoms with Crippen molar-refractivity contribution < 1.29 is 50.3 Å². The standard InChI is InChI=1S/C35H48ClN5O3.2C2HF3O/c1-3-39(4-2)35(44)33(26-10-6-5-7-11-26)40-18-20-41(21-19-40)34(43)31(22-25-14-16-28(36)17-15-25)38-32(42)23-30-29-13-9-8-12-27(29)24-37-30;2*3-2(4,5)1-6/h8-9,12-17,26,30-31,33,37H,3-7,10-11,18-24H2,1-2H3,(H,38,42);2*1H/t30?,31-,33?;;/m1../s1. The SMILES string of the molecule is CCN(CC)C(=O)C(C1CCCCC1)N1CCN(C(=O)[C@@H](Cc2ccc(Cl)cc2)NC(=O)CC2NCc3ccccc32)CC1.O=CC(F)(F)F.O=CC(F)(F)F. The molecule has 2 fully saturated rings. The maximum atomic E-state index is 14.0. The van der Waals surface area contributed by atoms with Crippen LogP contribution in [0.3, 0.4) is 0 Å². The van der Waals surface area contributed by atoms with E-state index in [2.05, 4.69) is 27.7 Å². The number of carbonyl (C=O) groups excluding carboxylic acids is 5. The fourth-order valence-corrected chi connectivity index (χ4v) is 7.45. The lowest BCUT2D eigenvalue weighted by atomic mass is 9.82. The highest BCUT2D eigenvalue weighted by Gasteiger charge is 2.39. The molecule has 5 rings (SSSR count). The molecule has 2 N–H and O–H groups in total. The molecule has 0 aromatic heterocycles. The van der Waals surface area contributed by atoms with Gasteiger partial charge in [0.05, 0.1) is 6.04 Å². The van der Waals surface area contributed by atoms with Crippen LogP contribution >= 0.6 is 11.6 Å². The molecule has 2 unspecified atom stereocenters. The first-order valence-corrected chi connectivity index (χ1v) is 19.1. The summed E-state index contributed by atoms with van der Waals surface area (Å²) in [6, 6.07) is 14.7. The second-order valence-electron chi connectivity index (χ2n) is 13.8. The lowest BCUT2D eigenvalue weighted by Crippen LogP contribution is -2.61. The quantitative estimate of drug-likeness (QED) is 0.209. The molecule has 2 heterocycles. The van der Waals surface area contributed by atoms with Crippen molar-refractivity contribution in [3.8, 4) is 0 Å². The molecule has 0 spiro atoms. The van der Waals surface area contributed by atoms with E-state index in [0.717, 1.165) is 30.5 Å². The van der Waals surface area contributed by atoms with Gasteiger partial charge in [0.15, 0.2) is 0 Å². The van der Waals surface area contributed by atoms with Crippen molar-refractivity contribution in [3.05, 3.63) is 70.2 Å². The summed E-state index contributed by atoms with van der Waals surface area (Å²) < 4.78 is 62.5. The third-order valence-corrected chi connectivity index (χ3v) is 10.3. The molecule has 56 heavy (non-hydrogen) atoms. The predicted octanol–water partition coefficient (Wildman–Crippen LogP) is 6.06. The number of piperazine rings is 1. The molecule has 3 aliphatic rings.